The predicted molar refractivity (Wildman–Crippen MR) is 490 cm³/mol. The molecule has 0 saturated carbocycles. The maximum atomic E-state index is 15.1. The zero-order chi connectivity index (χ0) is 94.0. The average molecular weight is 1850 g/mol. The van der Waals surface area contributed by atoms with Gasteiger partial charge in [-0.2, -0.15) is 0 Å². The third-order valence-electron chi connectivity index (χ3n) is 23.0. The number of likely N-dealkylation sites (N-methyl/N-ethyl adjacent to an activating group) is 1. The molecule has 9 aromatic rings. The van der Waals surface area contributed by atoms with Crippen LogP contribution in [-0.4, -0.2) is 251 Å². The molecule has 13 rings (SSSR count). The second kappa shape index (κ2) is 46.9. The second-order valence-corrected chi connectivity index (χ2v) is 34.2. The fraction of sp³-hybridized carbons (Fsp3) is 0.424. The number of carbonyl (C=O) groups excluding carboxylic acids is 11. The summed E-state index contributed by atoms with van der Waals surface area (Å²) in [5.41, 5.74) is 16.4. The first-order valence-corrected chi connectivity index (χ1v) is 44.8. The van der Waals surface area contributed by atoms with E-state index in [0.29, 0.717) is 94.7 Å². The molecule has 5 aromatic carbocycles. The molecule has 8 heterocycles. The number of aromatic amines is 2. The highest BCUT2D eigenvalue weighted by atomic mass is 35.5. The monoisotopic (exact) mass is 1850 g/mol. The fourth-order valence-electron chi connectivity index (χ4n) is 16.2. The number of aromatic nitrogens is 7. The molecule has 0 radical (unpaired) electrons. The van der Waals surface area contributed by atoms with Crippen LogP contribution in [0.15, 0.2) is 176 Å². The minimum absolute atomic E-state index is 0.0495. The fourth-order valence-corrected chi connectivity index (χ4v) is 16.8. The number of hydrogen-bond donors (Lipinski definition) is 15. The third kappa shape index (κ3) is 27.4. The van der Waals surface area contributed by atoms with Crippen molar-refractivity contribution in [3.8, 4) is 11.5 Å². The zero-order valence-corrected chi connectivity index (χ0v) is 75.3. The Balaban J connectivity index is 0.000000361. The van der Waals surface area contributed by atoms with Gasteiger partial charge in [-0.15, -0.1) is 0 Å². The normalized spacial score (nSPS) is 18.1. The van der Waals surface area contributed by atoms with Gasteiger partial charge in [-0.05, 0) is 123 Å². The van der Waals surface area contributed by atoms with E-state index in [2.05, 4.69) is 82.7 Å². The van der Waals surface area contributed by atoms with Crippen LogP contribution in [0, 0.1) is 5.92 Å². The molecule has 38 nitrogen and oxygen atoms in total. The number of imidazole rings is 3. The highest BCUT2D eigenvalue weighted by Gasteiger charge is 2.46. The van der Waals surface area contributed by atoms with Gasteiger partial charge in [0.2, 0.25) is 70.8 Å². The van der Waals surface area contributed by atoms with Gasteiger partial charge in [0, 0.05) is 155 Å². The Hall–Kier alpha value is -13.4. The number of amides is 11. The maximum absolute atomic E-state index is 15.1. The molecule has 4 aliphatic rings. The minimum atomic E-state index is -1.79. The van der Waals surface area contributed by atoms with Crippen molar-refractivity contribution in [3.05, 3.63) is 215 Å². The maximum Gasteiger partial charge on any atom is 0.245 e. The van der Waals surface area contributed by atoms with Gasteiger partial charge in [0.15, 0.2) is 5.96 Å². The Kier molecular flexibility index (Phi) is 34.7. The lowest BCUT2D eigenvalue weighted by molar-refractivity contribution is -0.189. The van der Waals surface area contributed by atoms with Gasteiger partial charge in [0.05, 0.1) is 49.5 Å². The molecule has 0 spiro atoms. The van der Waals surface area contributed by atoms with Crippen molar-refractivity contribution in [2.24, 2.45) is 22.4 Å². The second-order valence-electron chi connectivity index (χ2n) is 33.3. The van der Waals surface area contributed by atoms with Crippen LogP contribution in [0.4, 0.5) is 5.69 Å². The largest absolute Gasteiger partial charge is 0.508 e. The van der Waals surface area contributed by atoms with Gasteiger partial charge in [0.25, 0.3) is 0 Å². The van der Waals surface area contributed by atoms with E-state index in [1.54, 1.807) is 80.0 Å². The van der Waals surface area contributed by atoms with Gasteiger partial charge in [-0.1, -0.05) is 104 Å². The van der Waals surface area contributed by atoms with E-state index in [9.17, 15) is 53.4 Å². The quantitative estimate of drug-likeness (QED) is 0.0149. The topological polar surface area (TPSA) is 518 Å². The molecule has 0 aliphatic carbocycles. The Morgan fingerprint density at radius 1 is 0.697 bits per heavy atom. The van der Waals surface area contributed by atoms with Gasteiger partial charge >= 0.3 is 0 Å². The standard InChI is InChI=1S/C66H86N18O12.C26H28Cl2N4O4/c1-4-70-64(95)55-17-11-25-84(55)65(96)48(16-10-24-71-66(67)68)76-58(89)49(26-38(2)3)77-62(93)53(30-43-34-83(37-74-43)33-40-12-6-5-7-13-40)81-59(90)50(27-39-18-20-44(86)21-19-39)78-63(94)54(35-85)82-60(91)51(28-41-31-72-46-15-9-8-14-45(41)46)79-61(92)52(29-42-32-69-36-73-42)80-57(88)47-22-23-56(87)75-47;1-19(33)31-10-12-32(13-11-31)21-3-5-22(6-4-21)34-15-23-16-35-26(36-23,17-30-9-8-29-18-30)24-7-2-20(27)14-25(24)28/h5-9,12-15,18-21,31-32,34,36-38,47-55,72,85-86H,4,10-11,16-17,22-30,33,35H2,1-3H3,(H,69,73)(H,70,95)(H,75,87)(H,76,89)(H,77,93)(H,78,94)(H,79,92)(H,80,88)(H,81,90)(H,82,91)(H4,67,68,71);2-9,14,18,23H,10-13,15-17H2,1H3/t47-,48-,49-,50-,51-,52-,53+,54-,55-;23-,26-/m00/s1. The van der Waals surface area contributed by atoms with Crippen LogP contribution in [0.5, 0.6) is 11.5 Å². The number of ether oxygens (including phenoxy) is 3. The Morgan fingerprint density at radius 3 is 2.02 bits per heavy atom. The first kappa shape index (κ1) is 97.6. The molecule has 11 atom stereocenters. The summed E-state index contributed by atoms with van der Waals surface area (Å²) in [6.45, 7) is 11.3. The van der Waals surface area contributed by atoms with Crippen LogP contribution >= 0.6 is 23.2 Å². The lowest BCUT2D eigenvalue weighted by atomic mass is 10.0. The summed E-state index contributed by atoms with van der Waals surface area (Å²) in [4.78, 5) is 182. The molecule has 132 heavy (non-hydrogen) atoms. The van der Waals surface area contributed by atoms with E-state index < -0.39 is 114 Å². The summed E-state index contributed by atoms with van der Waals surface area (Å²) < 4.78 is 22.4. The SMILES string of the molecule is CC(=O)N1CCN(c2ccc(OC[C@H]3CO[C@](Cn4ccnc4)(c4ccc(Cl)cc4Cl)O3)cc2)CC1.CCNC(=O)[C@@H]1CCCN1C(=O)[C@H](CCCN=C(N)N)NC(=O)[C@H](CC(C)C)NC(=O)[C@@H](Cc1cn(Cc2ccccc2)cn1)NC(=O)[C@H](Cc1ccc(O)cc1)NC(=O)[C@H](CO)NC(=O)[C@H](Cc1c[nH]c2ccccc12)NC(=O)[C@H](Cc1cnc[nH]1)NC(=O)[C@@H]1CCC(=O)N1. The number of H-pyrrole nitrogens is 2. The number of aromatic hydroxyl groups is 1. The Bertz CT molecular complexity index is 5440. The van der Waals surface area contributed by atoms with E-state index in [4.69, 9.17) is 48.9 Å². The number of carbonyl (C=O) groups is 11. The van der Waals surface area contributed by atoms with Crippen molar-refractivity contribution in [1.82, 2.24) is 91.7 Å². The van der Waals surface area contributed by atoms with Crippen molar-refractivity contribution >= 4 is 111 Å². The molecule has 4 saturated heterocycles. The number of likely N-dealkylation sites (tertiary alicyclic amines) is 1. The average Bonchev–Trinajstić information content (AvgIpc) is 1.64. The number of guanidine groups is 1. The number of fused-ring (bicyclic) bond motifs is 1. The minimum Gasteiger partial charge on any atom is -0.508 e. The summed E-state index contributed by atoms with van der Waals surface area (Å²) in [6.07, 6.45) is 13.5. The number of nitrogens with one attached hydrogen (secondary N) is 11. The summed E-state index contributed by atoms with van der Waals surface area (Å²) in [5, 5.41) is 47.3. The first-order chi connectivity index (χ1) is 63.6. The van der Waals surface area contributed by atoms with E-state index in [1.807, 2.05) is 96.2 Å². The first-order valence-electron chi connectivity index (χ1n) is 44.0. The summed E-state index contributed by atoms with van der Waals surface area (Å²) in [7, 11) is 0. The number of para-hydroxylation sites is 1. The number of halogens is 2. The van der Waals surface area contributed by atoms with Crippen molar-refractivity contribution in [3.63, 3.8) is 0 Å². The van der Waals surface area contributed by atoms with Gasteiger partial charge in [-0.25, -0.2) is 15.0 Å². The summed E-state index contributed by atoms with van der Waals surface area (Å²) in [5.74, 6) is -7.92. The highest BCUT2D eigenvalue weighted by Crippen LogP contribution is 2.41. The smallest absolute Gasteiger partial charge is 0.245 e. The van der Waals surface area contributed by atoms with E-state index in [0.717, 1.165) is 43.2 Å². The number of anilines is 1. The van der Waals surface area contributed by atoms with Crippen molar-refractivity contribution in [2.45, 2.75) is 178 Å². The number of nitrogens with two attached hydrogens (primary N) is 2. The number of phenolic OH excluding ortho intramolecular Hbond substituents is 1. The zero-order valence-electron chi connectivity index (χ0n) is 73.8. The molecule has 0 bridgehead atoms. The van der Waals surface area contributed by atoms with Crippen molar-refractivity contribution in [1.29, 1.82) is 0 Å². The van der Waals surface area contributed by atoms with Crippen LogP contribution in [-0.2, 0) is 107 Å². The third-order valence-corrected chi connectivity index (χ3v) is 23.6. The van der Waals surface area contributed by atoms with Gasteiger partial charge in [0.1, 0.15) is 78.6 Å². The van der Waals surface area contributed by atoms with Crippen LogP contribution in [0.25, 0.3) is 10.9 Å². The van der Waals surface area contributed by atoms with Crippen LogP contribution in [0.2, 0.25) is 10.0 Å². The molecule has 4 aromatic heterocycles. The molecule has 11 amide bonds. The highest BCUT2D eigenvalue weighted by molar-refractivity contribution is 6.35. The number of hydrogen-bond acceptors (Lipinski definition) is 21. The Labute approximate surface area is 772 Å². The molecular formula is C92H114Cl2N22O16. The predicted octanol–water partition coefficient (Wildman–Crippen LogP) is 3.21. The van der Waals surface area contributed by atoms with Crippen LogP contribution < -0.4 is 69.0 Å². The van der Waals surface area contributed by atoms with E-state index in [-0.39, 0.29) is 112 Å². The lowest BCUT2D eigenvalue weighted by Gasteiger charge is -2.35. The summed E-state index contributed by atoms with van der Waals surface area (Å²) in [6, 6.07) is 23.8. The molecule has 0 unspecified atom stereocenters. The van der Waals surface area contributed by atoms with Crippen molar-refractivity contribution in [2.75, 3.05) is 70.5 Å². The van der Waals surface area contributed by atoms with Gasteiger partial charge in [-0.3, -0.25) is 57.7 Å². The van der Waals surface area contributed by atoms with E-state index >= 15 is 9.59 Å². The number of aliphatic hydroxyl groups is 1. The summed E-state index contributed by atoms with van der Waals surface area (Å²) >= 11 is 12.7. The number of aliphatic hydroxyl groups excluding tert-OH is 1. The van der Waals surface area contributed by atoms with Gasteiger partial charge < -0.3 is 118 Å². The Morgan fingerprint density at radius 2 is 1.36 bits per heavy atom. The molecule has 4 aliphatic heterocycles. The lowest BCUT2D eigenvalue weighted by Crippen LogP contribution is -2.61. The molecular weight excluding hydrogens is 1740 g/mol. The molecule has 17 N–H and O–H groups in total. The number of nitrogens with zero attached hydrogens (tertiary/aromatic N) is 9. The molecule has 702 valence electrons. The number of benzene rings is 5. The molecule has 4 fully saturated rings. The van der Waals surface area contributed by atoms with E-state index in [1.165, 1.54) is 41.7 Å². The number of aliphatic imine (C=N–C) groups is 1. The molecule has 40 heteroatoms. The number of rotatable bonds is 41. The van der Waals surface area contributed by atoms with Crippen LogP contribution in [0.1, 0.15) is 106 Å². The van der Waals surface area contributed by atoms with Crippen molar-refractivity contribution < 1.29 is 77.2 Å². The number of phenols is 1. The van der Waals surface area contributed by atoms with Crippen LogP contribution in [0.3, 0.4) is 0 Å². The number of piperazine rings is 1.